The van der Waals surface area contributed by atoms with Crippen LogP contribution in [-0.4, -0.2) is 47.5 Å². The van der Waals surface area contributed by atoms with Crippen molar-refractivity contribution in [3.8, 4) is 0 Å². The lowest BCUT2D eigenvalue weighted by Gasteiger charge is -2.44. The minimum atomic E-state index is -0.560. The van der Waals surface area contributed by atoms with Crippen LogP contribution in [0.25, 0.3) is 0 Å². The molecule has 0 aromatic heterocycles. The number of carbonyl (C=O) groups is 1. The molecule has 0 spiro atoms. The van der Waals surface area contributed by atoms with E-state index in [-0.39, 0.29) is 17.2 Å². The molecule has 0 bridgehead atoms. The number of benzene rings is 1. The summed E-state index contributed by atoms with van der Waals surface area (Å²) in [6.45, 7) is 2.34. The lowest BCUT2D eigenvalue weighted by Crippen LogP contribution is -2.50. The normalized spacial score (nSPS) is 21.7. The Morgan fingerprint density at radius 1 is 1.30 bits per heavy atom. The quantitative estimate of drug-likeness (QED) is 0.784. The van der Waals surface area contributed by atoms with Gasteiger partial charge in [0.15, 0.2) is 0 Å². The zero-order chi connectivity index (χ0) is 16.3. The number of aliphatic hydroxyl groups excluding tert-OH is 1. The molecule has 1 unspecified atom stereocenters. The summed E-state index contributed by atoms with van der Waals surface area (Å²) in [6, 6.07) is 10.1. The first-order chi connectivity index (χ1) is 11.2. The van der Waals surface area contributed by atoms with E-state index < -0.39 is 6.10 Å². The number of carbonyl (C=O) groups excluding carboxylic acids is 1. The third-order valence-corrected chi connectivity index (χ3v) is 5.43. The Bertz CT molecular complexity index is 527. The number of nitrogens with zero attached hydrogens (tertiary/aromatic N) is 1. The lowest BCUT2D eigenvalue weighted by atomic mass is 9.71. The first kappa shape index (κ1) is 16.7. The van der Waals surface area contributed by atoms with Gasteiger partial charge < -0.3 is 15.3 Å². The van der Waals surface area contributed by atoms with Crippen molar-refractivity contribution < 1.29 is 9.90 Å². The van der Waals surface area contributed by atoms with E-state index >= 15 is 0 Å². The number of amides is 1. The van der Waals surface area contributed by atoms with Crippen LogP contribution < -0.4 is 5.32 Å². The van der Waals surface area contributed by atoms with Gasteiger partial charge in [-0.1, -0.05) is 30.3 Å². The topological polar surface area (TPSA) is 52.6 Å². The summed E-state index contributed by atoms with van der Waals surface area (Å²) in [5.74, 6) is 0.0130. The van der Waals surface area contributed by atoms with Crippen LogP contribution in [0.15, 0.2) is 30.3 Å². The van der Waals surface area contributed by atoms with Crippen molar-refractivity contribution in [2.24, 2.45) is 5.41 Å². The van der Waals surface area contributed by atoms with Gasteiger partial charge in [-0.05, 0) is 44.3 Å². The van der Waals surface area contributed by atoms with E-state index in [2.05, 4.69) is 5.32 Å². The maximum absolute atomic E-state index is 12.3. The first-order valence-electron chi connectivity index (χ1n) is 8.45. The van der Waals surface area contributed by atoms with Gasteiger partial charge in [0.25, 0.3) is 0 Å². The summed E-state index contributed by atoms with van der Waals surface area (Å²) >= 11 is 5.81. The van der Waals surface area contributed by atoms with Crippen LogP contribution in [-0.2, 0) is 4.79 Å². The van der Waals surface area contributed by atoms with E-state index in [1.165, 1.54) is 0 Å². The van der Waals surface area contributed by atoms with Gasteiger partial charge in [0, 0.05) is 18.0 Å². The molecule has 1 saturated carbocycles. The number of aliphatic hydroxyl groups is 1. The van der Waals surface area contributed by atoms with Crippen LogP contribution >= 0.6 is 11.6 Å². The van der Waals surface area contributed by atoms with Crippen LogP contribution in [0.4, 0.5) is 0 Å². The van der Waals surface area contributed by atoms with Crippen molar-refractivity contribution >= 4 is 17.5 Å². The zero-order valence-corrected chi connectivity index (χ0v) is 14.1. The Balaban J connectivity index is 1.85. The van der Waals surface area contributed by atoms with Crippen molar-refractivity contribution in [3.63, 3.8) is 0 Å². The average Bonchev–Trinajstić information content (AvgIpc) is 3.45. The second-order valence-electron chi connectivity index (χ2n) is 6.81. The molecule has 1 aliphatic carbocycles. The molecular formula is C18H25ClN2O2. The molecule has 2 aliphatic rings. The highest BCUT2D eigenvalue weighted by Gasteiger charge is 2.45. The van der Waals surface area contributed by atoms with E-state index in [4.69, 9.17) is 11.6 Å². The van der Waals surface area contributed by atoms with Crippen molar-refractivity contribution in [2.75, 3.05) is 25.5 Å². The van der Waals surface area contributed by atoms with Crippen LogP contribution in [0.2, 0.25) is 0 Å². The molecule has 23 heavy (non-hydrogen) atoms. The highest BCUT2D eigenvalue weighted by atomic mass is 35.5. The SMILES string of the molecule is O=C(CCl)N(CC1(C(O)c2ccccc2)CCNCC1)C1CC1. The Kier molecular flexibility index (Phi) is 5.24. The van der Waals surface area contributed by atoms with E-state index in [0.29, 0.717) is 12.6 Å². The first-order valence-corrected chi connectivity index (χ1v) is 8.99. The number of halogens is 1. The predicted molar refractivity (Wildman–Crippen MR) is 91.4 cm³/mol. The standard InChI is InChI=1S/C18H25ClN2O2/c19-12-16(22)21(15-6-7-15)13-18(8-10-20-11-9-18)17(23)14-4-2-1-3-5-14/h1-5,15,17,20,23H,6-13H2. The van der Waals surface area contributed by atoms with Gasteiger partial charge in [-0.2, -0.15) is 0 Å². The zero-order valence-electron chi connectivity index (χ0n) is 13.4. The fourth-order valence-corrected chi connectivity index (χ4v) is 3.81. The maximum atomic E-state index is 12.3. The molecule has 1 aromatic rings. The summed E-state index contributed by atoms with van der Waals surface area (Å²) < 4.78 is 0. The van der Waals surface area contributed by atoms with Gasteiger partial charge in [-0.15, -0.1) is 11.6 Å². The van der Waals surface area contributed by atoms with E-state index in [1.54, 1.807) is 0 Å². The van der Waals surface area contributed by atoms with Crippen molar-refractivity contribution in [2.45, 2.75) is 37.8 Å². The van der Waals surface area contributed by atoms with Crippen LogP contribution in [0.5, 0.6) is 0 Å². The smallest absolute Gasteiger partial charge is 0.237 e. The highest BCUT2D eigenvalue weighted by Crippen LogP contribution is 2.44. The molecule has 126 valence electrons. The largest absolute Gasteiger partial charge is 0.388 e. The van der Waals surface area contributed by atoms with Crippen LogP contribution in [0.1, 0.15) is 37.4 Å². The fourth-order valence-electron chi connectivity index (χ4n) is 3.65. The summed E-state index contributed by atoms with van der Waals surface area (Å²) in [7, 11) is 0. The molecule has 1 saturated heterocycles. The molecule has 1 aliphatic heterocycles. The fraction of sp³-hybridized carbons (Fsp3) is 0.611. The number of hydrogen-bond donors (Lipinski definition) is 2. The Morgan fingerprint density at radius 2 is 1.96 bits per heavy atom. The molecule has 1 atom stereocenters. The summed E-state index contributed by atoms with van der Waals surface area (Å²) in [4.78, 5) is 14.2. The van der Waals surface area contributed by atoms with Gasteiger partial charge >= 0.3 is 0 Å². The van der Waals surface area contributed by atoms with Crippen molar-refractivity contribution in [3.05, 3.63) is 35.9 Å². The van der Waals surface area contributed by atoms with Crippen LogP contribution in [0, 0.1) is 5.41 Å². The number of rotatable bonds is 6. The highest BCUT2D eigenvalue weighted by molar-refractivity contribution is 6.27. The number of nitrogens with one attached hydrogen (secondary N) is 1. The molecular weight excluding hydrogens is 312 g/mol. The predicted octanol–water partition coefficient (Wildman–Crippen LogP) is 2.32. The number of alkyl halides is 1. The average molecular weight is 337 g/mol. The molecule has 2 fully saturated rings. The number of piperidine rings is 1. The Hall–Kier alpha value is -1.10. The minimum absolute atomic E-state index is 0.00710. The lowest BCUT2D eigenvalue weighted by molar-refractivity contribution is -0.133. The van der Waals surface area contributed by atoms with Gasteiger partial charge in [0.2, 0.25) is 5.91 Å². The molecule has 5 heteroatoms. The third kappa shape index (κ3) is 3.70. The van der Waals surface area contributed by atoms with Gasteiger partial charge in [0.05, 0.1) is 6.10 Å². The van der Waals surface area contributed by atoms with Crippen molar-refractivity contribution in [1.82, 2.24) is 10.2 Å². The molecule has 1 amide bonds. The number of hydrogen-bond acceptors (Lipinski definition) is 3. The maximum Gasteiger partial charge on any atom is 0.237 e. The van der Waals surface area contributed by atoms with Gasteiger partial charge in [0.1, 0.15) is 5.88 Å². The van der Waals surface area contributed by atoms with Gasteiger partial charge in [-0.25, -0.2) is 0 Å². The molecule has 1 heterocycles. The minimum Gasteiger partial charge on any atom is -0.388 e. The second-order valence-corrected chi connectivity index (χ2v) is 7.08. The Labute approximate surface area is 142 Å². The Morgan fingerprint density at radius 3 is 2.52 bits per heavy atom. The monoisotopic (exact) mass is 336 g/mol. The molecule has 3 rings (SSSR count). The summed E-state index contributed by atoms with van der Waals surface area (Å²) in [6.07, 6.45) is 3.27. The molecule has 1 aromatic carbocycles. The van der Waals surface area contributed by atoms with E-state index in [9.17, 15) is 9.90 Å². The second kappa shape index (κ2) is 7.20. The van der Waals surface area contributed by atoms with E-state index in [1.807, 2.05) is 35.2 Å². The van der Waals surface area contributed by atoms with E-state index in [0.717, 1.165) is 44.3 Å². The molecule has 4 nitrogen and oxygen atoms in total. The third-order valence-electron chi connectivity index (χ3n) is 5.20. The van der Waals surface area contributed by atoms with Crippen LogP contribution in [0.3, 0.4) is 0 Å². The molecule has 0 radical (unpaired) electrons. The van der Waals surface area contributed by atoms with Gasteiger partial charge in [-0.3, -0.25) is 4.79 Å². The summed E-state index contributed by atoms with van der Waals surface area (Å²) in [5.41, 5.74) is 0.639. The summed E-state index contributed by atoms with van der Waals surface area (Å²) in [5, 5.41) is 14.5. The molecule has 2 N–H and O–H groups in total. The van der Waals surface area contributed by atoms with Crippen molar-refractivity contribution in [1.29, 1.82) is 0 Å².